The van der Waals surface area contributed by atoms with E-state index in [1.165, 1.54) is 43.9 Å². The highest BCUT2D eigenvalue weighted by molar-refractivity contribution is 6.02. The maximum atomic E-state index is 12.1. The van der Waals surface area contributed by atoms with Gasteiger partial charge in [-0.2, -0.15) is 0 Å². The number of amides is 1. The average Bonchev–Trinajstić information content (AvgIpc) is 2.63. The molecule has 0 radical (unpaired) electrons. The van der Waals surface area contributed by atoms with Crippen molar-refractivity contribution in [3.8, 4) is 0 Å². The minimum Gasteiger partial charge on any atom is -0.321 e. The zero-order valence-electron chi connectivity index (χ0n) is 15.0. The van der Waals surface area contributed by atoms with E-state index in [-0.39, 0.29) is 5.91 Å². The molecule has 1 aromatic carbocycles. The van der Waals surface area contributed by atoms with Crippen molar-refractivity contribution in [1.29, 1.82) is 0 Å². The van der Waals surface area contributed by atoms with Crippen LogP contribution in [-0.4, -0.2) is 40.9 Å². The first-order chi connectivity index (χ1) is 12.1. The number of aromatic nitrogens is 2. The van der Waals surface area contributed by atoms with Crippen molar-refractivity contribution in [3.63, 3.8) is 0 Å². The van der Waals surface area contributed by atoms with Crippen molar-refractivity contribution >= 4 is 11.6 Å². The topological polar surface area (TPSA) is 58.1 Å². The molecule has 0 aliphatic carbocycles. The Kier molecular flexibility index (Phi) is 5.76. The molecule has 1 amide bonds. The first-order valence-electron chi connectivity index (χ1n) is 8.96. The maximum Gasteiger partial charge on any atom is 0.275 e. The third kappa shape index (κ3) is 4.86. The van der Waals surface area contributed by atoms with Crippen LogP contribution in [0.5, 0.6) is 0 Å². The molecule has 0 unspecified atom stereocenters. The van der Waals surface area contributed by atoms with Crippen LogP contribution in [0.1, 0.15) is 35.8 Å². The molecule has 0 bridgehead atoms. The van der Waals surface area contributed by atoms with Crippen LogP contribution in [0, 0.1) is 11.8 Å². The van der Waals surface area contributed by atoms with Crippen LogP contribution in [-0.2, 0) is 6.42 Å². The molecular weight excluding hydrogens is 312 g/mol. The number of anilines is 1. The highest BCUT2D eigenvalue weighted by Crippen LogP contribution is 2.27. The van der Waals surface area contributed by atoms with Gasteiger partial charge in [0.25, 0.3) is 5.91 Å². The van der Waals surface area contributed by atoms with E-state index >= 15 is 0 Å². The molecule has 3 rings (SSSR count). The molecule has 1 aliphatic heterocycles. The molecule has 2 heterocycles. The Balaban J connectivity index is 1.51. The minimum atomic E-state index is -0.235. The third-order valence-electron chi connectivity index (χ3n) is 5.10. The summed E-state index contributed by atoms with van der Waals surface area (Å²) in [4.78, 5) is 22.4. The highest BCUT2D eigenvalue weighted by Gasteiger charge is 2.23. The van der Waals surface area contributed by atoms with E-state index in [4.69, 9.17) is 0 Å². The SMILES string of the molecule is C[C@H]1CN(C)CC[C@@H]1CCc1ccc(NC(=O)c2cnccn2)cc1. The number of benzene rings is 1. The van der Waals surface area contributed by atoms with Gasteiger partial charge in [-0.25, -0.2) is 4.98 Å². The van der Waals surface area contributed by atoms with E-state index in [0.717, 1.165) is 23.9 Å². The first-order valence-corrected chi connectivity index (χ1v) is 8.96. The van der Waals surface area contributed by atoms with Gasteiger partial charge in [0.1, 0.15) is 5.69 Å². The monoisotopic (exact) mass is 338 g/mol. The third-order valence-corrected chi connectivity index (χ3v) is 5.10. The van der Waals surface area contributed by atoms with Gasteiger partial charge in [0.15, 0.2) is 0 Å². The van der Waals surface area contributed by atoms with E-state index in [1.54, 1.807) is 6.20 Å². The van der Waals surface area contributed by atoms with Gasteiger partial charge >= 0.3 is 0 Å². The van der Waals surface area contributed by atoms with Crippen molar-refractivity contribution in [1.82, 2.24) is 14.9 Å². The van der Waals surface area contributed by atoms with Crippen LogP contribution in [0.4, 0.5) is 5.69 Å². The fourth-order valence-corrected chi connectivity index (χ4v) is 3.55. The number of aryl methyl sites for hydroxylation is 1. The van der Waals surface area contributed by atoms with Crippen molar-refractivity contribution in [2.75, 3.05) is 25.5 Å². The Hall–Kier alpha value is -2.27. The van der Waals surface area contributed by atoms with Crippen molar-refractivity contribution in [2.24, 2.45) is 11.8 Å². The Morgan fingerprint density at radius 2 is 2.08 bits per heavy atom. The molecule has 0 saturated carbocycles. The molecule has 1 aromatic heterocycles. The van der Waals surface area contributed by atoms with Crippen LogP contribution in [0.3, 0.4) is 0 Å². The van der Waals surface area contributed by atoms with Gasteiger partial charge in [-0.1, -0.05) is 19.1 Å². The van der Waals surface area contributed by atoms with E-state index in [0.29, 0.717) is 5.69 Å². The molecule has 0 spiro atoms. The minimum absolute atomic E-state index is 0.235. The molecule has 2 aromatic rings. The summed E-state index contributed by atoms with van der Waals surface area (Å²) >= 11 is 0. The van der Waals surface area contributed by atoms with Gasteiger partial charge in [-0.3, -0.25) is 9.78 Å². The first kappa shape index (κ1) is 17.5. The van der Waals surface area contributed by atoms with Crippen molar-refractivity contribution in [2.45, 2.75) is 26.2 Å². The van der Waals surface area contributed by atoms with E-state index in [9.17, 15) is 4.79 Å². The summed E-state index contributed by atoms with van der Waals surface area (Å²) in [6.45, 7) is 4.78. The van der Waals surface area contributed by atoms with Gasteiger partial charge in [0.05, 0.1) is 6.20 Å². The normalized spacial score (nSPS) is 21.0. The van der Waals surface area contributed by atoms with Crippen LogP contribution in [0.2, 0.25) is 0 Å². The largest absolute Gasteiger partial charge is 0.321 e. The Morgan fingerprint density at radius 3 is 2.76 bits per heavy atom. The average molecular weight is 338 g/mol. The maximum absolute atomic E-state index is 12.1. The summed E-state index contributed by atoms with van der Waals surface area (Å²) in [5.74, 6) is 1.34. The smallest absolute Gasteiger partial charge is 0.275 e. The standard InChI is InChI=1S/C20H26N4O/c1-15-14-24(2)12-9-17(15)6-3-16-4-7-18(8-5-16)23-20(25)19-13-21-10-11-22-19/h4-5,7-8,10-11,13,15,17H,3,6,9,12,14H2,1-2H3,(H,23,25)/t15-,17-/m0/s1. The molecular formula is C20H26N4O. The number of nitrogens with zero attached hydrogens (tertiary/aromatic N) is 3. The number of nitrogens with one attached hydrogen (secondary N) is 1. The molecule has 1 fully saturated rings. The summed E-state index contributed by atoms with van der Waals surface area (Å²) < 4.78 is 0. The predicted molar refractivity (Wildman–Crippen MR) is 99.5 cm³/mol. The number of likely N-dealkylation sites (tertiary alicyclic amines) is 1. The second-order valence-corrected chi connectivity index (χ2v) is 7.07. The lowest BCUT2D eigenvalue weighted by atomic mass is 9.83. The lowest BCUT2D eigenvalue weighted by molar-refractivity contribution is 0.102. The number of carbonyl (C=O) groups is 1. The number of rotatable bonds is 5. The molecule has 5 heteroatoms. The summed E-state index contributed by atoms with van der Waals surface area (Å²) in [6, 6.07) is 8.13. The van der Waals surface area contributed by atoms with Crippen LogP contribution >= 0.6 is 0 Å². The summed E-state index contributed by atoms with van der Waals surface area (Å²) in [6.07, 6.45) is 8.16. The number of hydrogen-bond donors (Lipinski definition) is 1. The van der Waals surface area contributed by atoms with Gasteiger partial charge < -0.3 is 10.2 Å². The van der Waals surface area contributed by atoms with Crippen molar-refractivity contribution in [3.05, 3.63) is 54.1 Å². The second kappa shape index (κ2) is 8.21. The summed E-state index contributed by atoms with van der Waals surface area (Å²) in [7, 11) is 2.21. The Bertz CT molecular complexity index is 687. The lowest BCUT2D eigenvalue weighted by Crippen LogP contribution is -2.36. The van der Waals surface area contributed by atoms with Crippen LogP contribution in [0.25, 0.3) is 0 Å². The van der Waals surface area contributed by atoms with Gasteiger partial charge in [0, 0.05) is 24.6 Å². The highest BCUT2D eigenvalue weighted by atomic mass is 16.1. The molecule has 1 saturated heterocycles. The molecule has 2 atom stereocenters. The quantitative estimate of drug-likeness (QED) is 0.909. The Morgan fingerprint density at radius 1 is 1.28 bits per heavy atom. The summed E-state index contributed by atoms with van der Waals surface area (Å²) in [5, 5.41) is 2.86. The van der Waals surface area contributed by atoms with Gasteiger partial charge in [-0.15, -0.1) is 0 Å². The van der Waals surface area contributed by atoms with Gasteiger partial charge in [0.2, 0.25) is 0 Å². The molecule has 1 N–H and O–H groups in total. The van der Waals surface area contributed by atoms with E-state index in [1.807, 2.05) is 12.1 Å². The molecule has 25 heavy (non-hydrogen) atoms. The lowest BCUT2D eigenvalue weighted by Gasteiger charge is -2.34. The van der Waals surface area contributed by atoms with Gasteiger partial charge in [-0.05, 0) is 62.4 Å². The zero-order chi connectivity index (χ0) is 17.6. The van der Waals surface area contributed by atoms with Crippen molar-refractivity contribution < 1.29 is 4.79 Å². The fourth-order valence-electron chi connectivity index (χ4n) is 3.55. The van der Waals surface area contributed by atoms with E-state index in [2.05, 4.69) is 46.3 Å². The Labute approximate surface area is 149 Å². The fraction of sp³-hybridized carbons (Fsp3) is 0.450. The van der Waals surface area contributed by atoms with E-state index < -0.39 is 0 Å². The molecule has 5 nitrogen and oxygen atoms in total. The number of carbonyl (C=O) groups excluding carboxylic acids is 1. The van der Waals surface area contributed by atoms with Crippen LogP contribution < -0.4 is 5.32 Å². The molecule has 1 aliphatic rings. The second-order valence-electron chi connectivity index (χ2n) is 7.07. The summed E-state index contributed by atoms with van der Waals surface area (Å²) in [5.41, 5.74) is 2.43. The van der Waals surface area contributed by atoms with Crippen LogP contribution in [0.15, 0.2) is 42.9 Å². The zero-order valence-corrected chi connectivity index (χ0v) is 15.0. The number of hydrogen-bond acceptors (Lipinski definition) is 4. The molecule has 132 valence electrons. The number of piperidine rings is 1. The predicted octanol–water partition coefficient (Wildman–Crippen LogP) is 3.25.